The largest absolute Gasteiger partial charge is 0.481 e. The van der Waals surface area contributed by atoms with Crippen LogP contribution in [0.5, 0.6) is 0 Å². The van der Waals surface area contributed by atoms with Gasteiger partial charge in [-0.15, -0.1) is 0 Å². The molecule has 0 aliphatic heterocycles. The molecule has 0 bridgehead atoms. The SMILES string of the molecule is O=C(O)C[C@H]1CC[C@H](c2ccc(NC(=O)CCNC(=O)c3coc(-c4ccccc4)n3)cc2)CC1. The number of benzene rings is 2. The average Bonchev–Trinajstić information content (AvgIpc) is 3.36. The molecule has 2 amide bonds. The molecule has 8 nitrogen and oxygen atoms in total. The monoisotopic (exact) mass is 475 g/mol. The minimum atomic E-state index is -0.719. The Morgan fingerprint density at radius 2 is 1.69 bits per heavy atom. The van der Waals surface area contributed by atoms with E-state index in [0.29, 0.717) is 17.5 Å². The Kier molecular flexibility index (Phi) is 7.92. The third-order valence-electron chi connectivity index (χ3n) is 6.37. The molecule has 35 heavy (non-hydrogen) atoms. The van der Waals surface area contributed by atoms with Crippen LogP contribution in [0.3, 0.4) is 0 Å². The summed E-state index contributed by atoms with van der Waals surface area (Å²) in [6.45, 7) is 0.176. The molecule has 1 aromatic heterocycles. The summed E-state index contributed by atoms with van der Waals surface area (Å²) in [4.78, 5) is 39.7. The number of hydrogen-bond acceptors (Lipinski definition) is 5. The van der Waals surface area contributed by atoms with Gasteiger partial charge in [0.15, 0.2) is 5.69 Å². The van der Waals surface area contributed by atoms with Gasteiger partial charge in [0, 0.05) is 30.6 Å². The number of hydrogen-bond donors (Lipinski definition) is 3. The Bertz CT molecular complexity index is 1150. The summed E-state index contributed by atoms with van der Waals surface area (Å²) in [6.07, 6.45) is 5.53. The maximum Gasteiger partial charge on any atom is 0.303 e. The molecule has 0 unspecified atom stereocenters. The zero-order valence-electron chi connectivity index (χ0n) is 19.4. The van der Waals surface area contributed by atoms with E-state index in [1.807, 2.05) is 54.6 Å². The highest BCUT2D eigenvalue weighted by Gasteiger charge is 2.24. The molecule has 1 saturated carbocycles. The molecule has 3 N–H and O–H groups in total. The van der Waals surface area contributed by atoms with E-state index in [2.05, 4.69) is 15.6 Å². The molecule has 8 heteroatoms. The number of aromatic nitrogens is 1. The Morgan fingerprint density at radius 3 is 2.37 bits per heavy atom. The van der Waals surface area contributed by atoms with E-state index in [1.54, 1.807) is 0 Å². The van der Waals surface area contributed by atoms with E-state index in [-0.39, 0.29) is 36.9 Å². The molecule has 1 fully saturated rings. The normalized spacial score (nSPS) is 17.5. The lowest BCUT2D eigenvalue weighted by atomic mass is 9.77. The molecule has 1 heterocycles. The van der Waals surface area contributed by atoms with Crippen molar-refractivity contribution in [3.05, 3.63) is 72.1 Å². The Balaban J connectivity index is 1.19. The molecule has 0 spiro atoms. The Hall–Kier alpha value is -3.94. The molecule has 2 aromatic carbocycles. The number of nitrogens with one attached hydrogen (secondary N) is 2. The molecular formula is C27H29N3O5. The quantitative estimate of drug-likeness (QED) is 0.407. The fourth-order valence-corrected chi connectivity index (χ4v) is 4.48. The van der Waals surface area contributed by atoms with Gasteiger partial charge in [0.05, 0.1) is 0 Å². The fourth-order valence-electron chi connectivity index (χ4n) is 4.48. The Morgan fingerprint density at radius 1 is 0.971 bits per heavy atom. The van der Waals surface area contributed by atoms with Gasteiger partial charge in [-0.1, -0.05) is 30.3 Å². The lowest BCUT2D eigenvalue weighted by molar-refractivity contribution is -0.138. The summed E-state index contributed by atoms with van der Waals surface area (Å²) in [5.74, 6) is -0.242. The zero-order valence-corrected chi connectivity index (χ0v) is 19.4. The van der Waals surface area contributed by atoms with E-state index in [4.69, 9.17) is 9.52 Å². The highest BCUT2D eigenvalue weighted by Crippen LogP contribution is 2.37. The van der Waals surface area contributed by atoms with Crippen LogP contribution < -0.4 is 10.6 Å². The van der Waals surface area contributed by atoms with Crippen LogP contribution in [-0.4, -0.2) is 34.4 Å². The van der Waals surface area contributed by atoms with Crippen molar-refractivity contribution in [1.82, 2.24) is 10.3 Å². The van der Waals surface area contributed by atoms with Crippen LogP contribution in [0.4, 0.5) is 5.69 Å². The molecule has 0 saturated heterocycles. The van der Waals surface area contributed by atoms with Gasteiger partial charge >= 0.3 is 5.97 Å². The predicted octanol–water partition coefficient (Wildman–Crippen LogP) is 4.85. The van der Waals surface area contributed by atoms with Gasteiger partial charge in [0.1, 0.15) is 6.26 Å². The highest BCUT2D eigenvalue weighted by atomic mass is 16.4. The van der Waals surface area contributed by atoms with Crippen molar-refractivity contribution < 1.29 is 23.9 Å². The van der Waals surface area contributed by atoms with Gasteiger partial charge in [-0.3, -0.25) is 14.4 Å². The lowest BCUT2D eigenvalue weighted by Crippen LogP contribution is -2.27. The number of carboxylic acid groups (broad SMARTS) is 1. The number of nitrogens with zero attached hydrogens (tertiary/aromatic N) is 1. The first-order valence-electron chi connectivity index (χ1n) is 11.9. The second kappa shape index (κ2) is 11.5. The van der Waals surface area contributed by atoms with E-state index >= 15 is 0 Å². The first-order valence-corrected chi connectivity index (χ1v) is 11.9. The van der Waals surface area contributed by atoms with Gasteiger partial charge < -0.3 is 20.2 Å². The molecule has 0 radical (unpaired) electrons. The van der Waals surface area contributed by atoms with Gasteiger partial charge in [-0.25, -0.2) is 4.98 Å². The standard InChI is InChI=1S/C27H29N3O5/c31-24(14-15-28-26(34)23-17-35-27(30-23)21-4-2-1-3-5-21)29-22-12-10-20(11-13-22)19-8-6-18(7-9-19)16-25(32)33/h1-5,10-13,17-19H,6-9,14-16H2,(H,28,34)(H,29,31)(H,32,33)/t18-,19-. The van der Waals surface area contributed by atoms with Crippen molar-refractivity contribution in [2.24, 2.45) is 5.92 Å². The lowest BCUT2D eigenvalue weighted by Gasteiger charge is -2.28. The van der Waals surface area contributed by atoms with Crippen LogP contribution >= 0.6 is 0 Å². The zero-order chi connectivity index (χ0) is 24.6. The predicted molar refractivity (Wildman–Crippen MR) is 131 cm³/mol. The number of anilines is 1. The first-order chi connectivity index (χ1) is 17.0. The van der Waals surface area contributed by atoms with Crippen LogP contribution in [0, 0.1) is 5.92 Å². The summed E-state index contributed by atoms with van der Waals surface area (Å²) in [6, 6.07) is 17.1. The van der Waals surface area contributed by atoms with Crippen molar-refractivity contribution in [2.45, 2.75) is 44.4 Å². The van der Waals surface area contributed by atoms with E-state index in [0.717, 1.165) is 31.2 Å². The Labute approximate surface area is 203 Å². The molecule has 4 rings (SSSR count). The number of amides is 2. The smallest absolute Gasteiger partial charge is 0.303 e. The second-order valence-electron chi connectivity index (χ2n) is 8.90. The summed E-state index contributed by atoms with van der Waals surface area (Å²) >= 11 is 0. The minimum absolute atomic E-state index is 0.129. The number of rotatable bonds is 9. The van der Waals surface area contributed by atoms with Gasteiger partial charge in [0.25, 0.3) is 5.91 Å². The summed E-state index contributed by atoms with van der Waals surface area (Å²) in [5, 5.41) is 14.5. The number of aliphatic carboxylic acids is 1. The van der Waals surface area contributed by atoms with Crippen molar-refractivity contribution in [1.29, 1.82) is 0 Å². The number of carbonyl (C=O) groups excluding carboxylic acids is 2. The third-order valence-corrected chi connectivity index (χ3v) is 6.37. The van der Waals surface area contributed by atoms with Crippen LogP contribution in [0.15, 0.2) is 65.3 Å². The average molecular weight is 476 g/mol. The van der Waals surface area contributed by atoms with Gasteiger partial charge in [-0.2, -0.15) is 0 Å². The van der Waals surface area contributed by atoms with Crippen molar-refractivity contribution in [3.8, 4) is 11.5 Å². The minimum Gasteiger partial charge on any atom is -0.481 e. The third kappa shape index (κ3) is 6.79. The summed E-state index contributed by atoms with van der Waals surface area (Å²) < 4.78 is 5.38. The van der Waals surface area contributed by atoms with Crippen LogP contribution in [0.1, 0.15) is 60.5 Å². The van der Waals surface area contributed by atoms with E-state index in [1.165, 1.54) is 11.8 Å². The molecule has 1 aliphatic carbocycles. The summed E-state index contributed by atoms with van der Waals surface area (Å²) in [5.41, 5.74) is 2.86. The van der Waals surface area contributed by atoms with Crippen molar-refractivity contribution in [3.63, 3.8) is 0 Å². The fraction of sp³-hybridized carbons (Fsp3) is 0.333. The van der Waals surface area contributed by atoms with Gasteiger partial charge in [0.2, 0.25) is 11.8 Å². The van der Waals surface area contributed by atoms with Crippen LogP contribution in [0.2, 0.25) is 0 Å². The molecule has 0 atom stereocenters. The number of carboxylic acids is 1. The number of carbonyl (C=O) groups is 3. The van der Waals surface area contributed by atoms with Crippen molar-refractivity contribution >= 4 is 23.5 Å². The highest BCUT2D eigenvalue weighted by molar-refractivity contribution is 5.94. The summed E-state index contributed by atoms with van der Waals surface area (Å²) in [7, 11) is 0. The van der Waals surface area contributed by atoms with Crippen LogP contribution in [0.25, 0.3) is 11.5 Å². The molecule has 3 aromatic rings. The first kappa shape index (κ1) is 24.2. The van der Waals surface area contributed by atoms with E-state index in [9.17, 15) is 14.4 Å². The molecule has 1 aliphatic rings. The maximum absolute atomic E-state index is 12.3. The van der Waals surface area contributed by atoms with Crippen molar-refractivity contribution in [2.75, 3.05) is 11.9 Å². The second-order valence-corrected chi connectivity index (χ2v) is 8.90. The van der Waals surface area contributed by atoms with Gasteiger partial charge in [-0.05, 0) is 67.3 Å². The van der Waals surface area contributed by atoms with Crippen LogP contribution in [-0.2, 0) is 9.59 Å². The topological polar surface area (TPSA) is 122 Å². The maximum atomic E-state index is 12.3. The van der Waals surface area contributed by atoms with E-state index < -0.39 is 11.9 Å². The molecule has 182 valence electrons. The molecular weight excluding hydrogens is 446 g/mol. The number of oxazole rings is 1.